The van der Waals surface area contributed by atoms with E-state index in [1.54, 1.807) is 5.38 Å². The molecule has 1 aromatic rings. The van der Waals surface area contributed by atoms with E-state index in [1.165, 1.54) is 18.4 Å². The van der Waals surface area contributed by atoms with Crippen molar-refractivity contribution in [2.24, 2.45) is 5.16 Å². The van der Waals surface area contributed by atoms with Crippen LogP contribution in [-0.2, 0) is 36.1 Å². The predicted molar refractivity (Wildman–Crippen MR) is 98.8 cm³/mol. The van der Waals surface area contributed by atoms with Gasteiger partial charge in [-0.2, -0.15) is 12.7 Å². The summed E-state index contributed by atoms with van der Waals surface area (Å²) in [6, 6.07) is -2.51. The van der Waals surface area contributed by atoms with Crippen molar-refractivity contribution in [2.75, 3.05) is 19.3 Å². The fourth-order valence-corrected chi connectivity index (χ4v) is 4.13. The number of nitrogens with two attached hydrogens (primary N) is 1. The number of thiazole rings is 1. The second-order valence-electron chi connectivity index (χ2n) is 6.10. The van der Waals surface area contributed by atoms with Gasteiger partial charge in [0.05, 0.1) is 5.69 Å². The number of hydrogen-bond acceptors (Lipinski definition) is 11. The number of oxime groups is 1. The Balaban J connectivity index is 1.68. The molecule has 0 saturated carbocycles. The van der Waals surface area contributed by atoms with E-state index in [2.05, 4.69) is 15.5 Å². The highest BCUT2D eigenvalue weighted by molar-refractivity contribution is 7.84. The van der Waals surface area contributed by atoms with Gasteiger partial charge in [0, 0.05) is 12.4 Å². The van der Waals surface area contributed by atoms with Crippen molar-refractivity contribution in [2.45, 2.75) is 18.8 Å². The summed E-state index contributed by atoms with van der Waals surface area (Å²) in [5.41, 5.74) is 5.93. The SMILES string of the molecule is CN1CC(=O)N([C@@H]2[C@H](NC(=O)/C=N/OCc3csc(N)n3)C(=O)N2S(=O)(=O)O)C1=O. The first-order valence-electron chi connectivity index (χ1n) is 8.04. The van der Waals surface area contributed by atoms with Gasteiger partial charge in [0.1, 0.15) is 12.8 Å². The Kier molecular flexibility index (Phi) is 5.59. The number of nitrogens with zero attached hydrogens (tertiary/aromatic N) is 5. The molecule has 0 radical (unpaired) electrons. The van der Waals surface area contributed by atoms with Crippen molar-refractivity contribution in [3.8, 4) is 0 Å². The number of aromatic nitrogens is 1. The second-order valence-corrected chi connectivity index (χ2v) is 8.28. The number of carbonyl (C=O) groups is 4. The third-order valence-corrected chi connectivity index (χ3v) is 5.65. The molecular formula is C13H15N7O8S2. The minimum absolute atomic E-state index is 0.0623. The molecule has 0 unspecified atom stereocenters. The van der Waals surface area contributed by atoms with Crippen molar-refractivity contribution >= 4 is 56.7 Å². The number of amides is 5. The smallest absolute Gasteiger partial charge is 0.364 e. The predicted octanol–water partition coefficient (Wildman–Crippen LogP) is -2.42. The van der Waals surface area contributed by atoms with E-state index in [9.17, 15) is 32.1 Å². The molecule has 4 N–H and O–H groups in total. The third kappa shape index (κ3) is 4.02. The highest BCUT2D eigenvalue weighted by Gasteiger charge is 2.60. The lowest BCUT2D eigenvalue weighted by atomic mass is 10.0. The molecule has 2 saturated heterocycles. The maximum absolute atomic E-state index is 12.2. The second kappa shape index (κ2) is 7.84. The Labute approximate surface area is 172 Å². The van der Waals surface area contributed by atoms with Gasteiger partial charge in [0.15, 0.2) is 23.9 Å². The monoisotopic (exact) mass is 461 g/mol. The van der Waals surface area contributed by atoms with Crippen molar-refractivity contribution < 1.29 is 37.0 Å². The number of carbonyl (C=O) groups excluding carboxylic acids is 4. The number of nitrogen functional groups attached to an aromatic ring is 1. The number of hydrogen-bond donors (Lipinski definition) is 3. The van der Waals surface area contributed by atoms with Crippen LogP contribution in [-0.4, -0.2) is 87.8 Å². The molecule has 2 aliphatic rings. The number of imide groups is 1. The first-order chi connectivity index (χ1) is 14.0. The molecule has 5 amide bonds. The number of likely N-dealkylation sites (N-methyl/N-ethyl adjacent to an activating group) is 1. The number of anilines is 1. The molecule has 3 heterocycles. The van der Waals surface area contributed by atoms with Gasteiger partial charge in [-0.15, -0.1) is 11.3 Å². The number of nitrogens with one attached hydrogen (secondary N) is 1. The zero-order valence-electron chi connectivity index (χ0n) is 15.2. The fourth-order valence-electron chi connectivity index (χ4n) is 2.75. The lowest BCUT2D eigenvalue weighted by Gasteiger charge is -2.46. The molecule has 3 rings (SSSR count). The lowest BCUT2D eigenvalue weighted by molar-refractivity contribution is -0.154. The van der Waals surface area contributed by atoms with Crippen molar-refractivity contribution in [1.82, 2.24) is 24.4 Å². The molecule has 2 atom stereocenters. The van der Waals surface area contributed by atoms with Crippen molar-refractivity contribution in [3.05, 3.63) is 11.1 Å². The van der Waals surface area contributed by atoms with Gasteiger partial charge >= 0.3 is 16.3 Å². The van der Waals surface area contributed by atoms with Gasteiger partial charge in [-0.1, -0.05) is 5.16 Å². The molecule has 1 aromatic heterocycles. The summed E-state index contributed by atoms with van der Waals surface area (Å²) in [6.45, 7) is -0.442. The lowest BCUT2D eigenvalue weighted by Crippen LogP contribution is -2.77. The normalized spacial score (nSPS) is 22.1. The molecule has 2 aliphatic heterocycles. The summed E-state index contributed by atoms with van der Waals surface area (Å²) in [7, 11) is -3.81. The fraction of sp³-hybridized carbons (Fsp3) is 0.385. The standard InChI is InChI=1S/C13H15N7O8S2/c1-18-3-8(22)19(13(18)24)10-9(11(23)20(10)30(25,26)27)17-7(21)2-15-28-4-6-5-29-12(14)16-6/h2,5,9-10H,3-4H2,1H3,(H2,14,16)(H,17,21)(H,25,26,27)/b15-2+/t9-,10-/m0/s1. The van der Waals surface area contributed by atoms with Crippen molar-refractivity contribution in [1.29, 1.82) is 0 Å². The molecule has 0 spiro atoms. The Hall–Kier alpha value is -3.31. The molecule has 2 fully saturated rings. The first-order valence-corrected chi connectivity index (χ1v) is 10.3. The van der Waals surface area contributed by atoms with E-state index in [4.69, 9.17) is 10.6 Å². The molecule has 162 valence electrons. The number of urea groups is 1. The number of β-lactam (4-membered cyclic amide) rings is 1. The first kappa shape index (κ1) is 21.4. The van der Waals surface area contributed by atoms with Crippen LogP contribution < -0.4 is 11.1 Å². The van der Waals surface area contributed by atoms with Crippen LogP contribution in [0.4, 0.5) is 9.93 Å². The average Bonchev–Trinajstić information content (AvgIpc) is 3.16. The summed E-state index contributed by atoms with van der Waals surface area (Å²) in [4.78, 5) is 58.6. The Morgan fingerprint density at radius 3 is 2.73 bits per heavy atom. The highest BCUT2D eigenvalue weighted by atomic mass is 32.2. The van der Waals surface area contributed by atoms with Crippen LogP contribution in [0.5, 0.6) is 0 Å². The Morgan fingerprint density at radius 2 is 2.20 bits per heavy atom. The molecule has 0 bridgehead atoms. The molecule has 0 aliphatic carbocycles. The molecule has 15 nitrogen and oxygen atoms in total. The van der Waals surface area contributed by atoms with Crippen LogP contribution in [0.25, 0.3) is 0 Å². The van der Waals surface area contributed by atoms with Gasteiger partial charge in [0.25, 0.3) is 17.7 Å². The maximum atomic E-state index is 12.2. The molecule has 30 heavy (non-hydrogen) atoms. The zero-order chi connectivity index (χ0) is 22.2. The maximum Gasteiger partial charge on any atom is 0.364 e. The van der Waals surface area contributed by atoms with Gasteiger partial charge in [-0.3, -0.25) is 18.9 Å². The summed E-state index contributed by atoms with van der Waals surface area (Å²) in [5, 5.41) is 7.45. The van der Waals surface area contributed by atoms with Gasteiger partial charge in [0.2, 0.25) is 0 Å². The molecular weight excluding hydrogens is 446 g/mol. The summed E-state index contributed by atoms with van der Waals surface area (Å²) >= 11 is 1.18. The summed E-state index contributed by atoms with van der Waals surface area (Å²) < 4.78 is 32.2. The van der Waals surface area contributed by atoms with E-state index in [0.717, 1.165) is 4.90 Å². The zero-order valence-corrected chi connectivity index (χ0v) is 16.8. The highest BCUT2D eigenvalue weighted by Crippen LogP contribution is 2.29. The molecule has 0 aromatic carbocycles. The van der Waals surface area contributed by atoms with E-state index >= 15 is 0 Å². The summed E-state index contributed by atoms with van der Waals surface area (Å²) in [5.74, 6) is -3.02. The summed E-state index contributed by atoms with van der Waals surface area (Å²) in [6.07, 6.45) is -1.09. The van der Waals surface area contributed by atoms with Gasteiger partial charge in [-0.25, -0.2) is 14.7 Å². The Bertz CT molecular complexity index is 1040. The van der Waals surface area contributed by atoms with Crippen LogP contribution >= 0.6 is 11.3 Å². The van der Waals surface area contributed by atoms with E-state index in [1.807, 2.05) is 0 Å². The van der Waals surface area contributed by atoms with Crippen LogP contribution in [0.2, 0.25) is 0 Å². The van der Waals surface area contributed by atoms with Crippen LogP contribution in [0.3, 0.4) is 0 Å². The number of rotatable bonds is 7. The van der Waals surface area contributed by atoms with E-state index in [-0.39, 0.29) is 17.5 Å². The average molecular weight is 461 g/mol. The Morgan fingerprint density at radius 1 is 1.50 bits per heavy atom. The minimum atomic E-state index is -5.09. The third-order valence-electron chi connectivity index (χ3n) is 4.03. The van der Waals surface area contributed by atoms with Crippen LogP contribution in [0.15, 0.2) is 10.5 Å². The minimum Gasteiger partial charge on any atom is -0.389 e. The topological polar surface area (TPSA) is 205 Å². The molecule has 17 heteroatoms. The van der Waals surface area contributed by atoms with Crippen LogP contribution in [0.1, 0.15) is 5.69 Å². The largest absolute Gasteiger partial charge is 0.389 e. The van der Waals surface area contributed by atoms with Gasteiger partial charge < -0.3 is 20.8 Å². The van der Waals surface area contributed by atoms with E-state index < -0.39 is 46.3 Å². The van der Waals surface area contributed by atoms with Crippen LogP contribution in [0, 0.1) is 0 Å². The quantitative estimate of drug-likeness (QED) is 0.129. The van der Waals surface area contributed by atoms with E-state index in [0.29, 0.717) is 21.9 Å². The van der Waals surface area contributed by atoms with Gasteiger partial charge in [-0.05, 0) is 0 Å². The van der Waals surface area contributed by atoms with Crippen molar-refractivity contribution in [3.63, 3.8) is 0 Å².